The number of hydrogen-bond donors (Lipinski definition) is 2. The third-order valence-electron chi connectivity index (χ3n) is 5.05. The average Bonchev–Trinajstić information content (AvgIpc) is 2.79. The number of aromatic carboxylic acids is 1. The van der Waals surface area contributed by atoms with Gasteiger partial charge in [-0.1, -0.05) is 6.07 Å². The van der Waals surface area contributed by atoms with Gasteiger partial charge in [0.15, 0.2) is 0 Å². The molecule has 0 amide bonds. The van der Waals surface area contributed by atoms with Gasteiger partial charge in [-0.3, -0.25) is 9.78 Å². The number of H-pyrrole nitrogens is 1. The van der Waals surface area contributed by atoms with Crippen LogP contribution < -0.4 is 15.0 Å². The molecule has 0 saturated heterocycles. The molecule has 0 fully saturated rings. The second kappa shape index (κ2) is 8.89. The molecule has 2 aromatic carbocycles. The number of halogens is 1. The lowest BCUT2D eigenvalue weighted by molar-refractivity contribution is 0.0692. The molecule has 0 aliphatic carbocycles. The molecule has 0 aliphatic rings. The van der Waals surface area contributed by atoms with Crippen LogP contribution in [0.2, 0.25) is 0 Å². The second-order valence-corrected chi connectivity index (χ2v) is 7.03. The summed E-state index contributed by atoms with van der Waals surface area (Å²) in [6.07, 6.45) is 3.42. The standard InChI is InChI=1S/C24H19FN2O5/c1-31-17-3-5-19-21(12-17)26-8-6-22(19)32-9-7-15-10-16(13-27-23(15)28)14-2-4-18(24(29)30)20(25)11-14/h2-6,8,10-13H,7,9H2,1H3,(H,27,28)(H,29,30). The third-order valence-corrected chi connectivity index (χ3v) is 5.05. The van der Waals surface area contributed by atoms with E-state index in [1.54, 1.807) is 25.4 Å². The highest BCUT2D eigenvalue weighted by atomic mass is 19.1. The number of methoxy groups -OCH3 is 1. The van der Waals surface area contributed by atoms with Crippen molar-refractivity contribution in [2.45, 2.75) is 6.42 Å². The van der Waals surface area contributed by atoms with E-state index in [9.17, 15) is 14.0 Å². The number of pyridine rings is 2. The number of hydrogen-bond acceptors (Lipinski definition) is 5. The molecule has 8 heteroatoms. The summed E-state index contributed by atoms with van der Waals surface area (Å²) in [6, 6.07) is 12.7. The van der Waals surface area contributed by atoms with Crippen LogP contribution in [0, 0.1) is 5.82 Å². The van der Waals surface area contributed by atoms with E-state index in [1.165, 1.54) is 18.3 Å². The van der Waals surface area contributed by atoms with Gasteiger partial charge in [-0.15, -0.1) is 0 Å². The average molecular weight is 434 g/mol. The summed E-state index contributed by atoms with van der Waals surface area (Å²) in [5.74, 6) is -0.849. The van der Waals surface area contributed by atoms with Crippen molar-refractivity contribution in [1.82, 2.24) is 9.97 Å². The fourth-order valence-electron chi connectivity index (χ4n) is 3.38. The number of carbonyl (C=O) groups is 1. The zero-order valence-corrected chi connectivity index (χ0v) is 17.1. The summed E-state index contributed by atoms with van der Waals surface area (Å²) in [5, 5.41) is 9.80. The molecular weight excluding hydrogens is 415 g/mol. The first-order valence-electron chi connectivity index (χ1n) is 9.76. The predicted molar refractivity (Wildman–Crippen MR) is 117 cm³/mol. The molecule has 0 aliphatic heterocycles. The Morgan fingerprint density at radius 3 is 2.72 bits per heavy atom. The molecule has 2 aromatic heterocycles. The van der Waals surface area contributed by atoms with Crippen molar-refractivity contribution in [3.05, 3.63) is 88.2 Å². The fourth-order valence-corrected chi connectivity index (χ4v) is 3.38. The minimum atomic E-state index is -1.34. The molecule has 7 nitrogen and oxygen atoms in total. The molecule has 4 rings (SSSR count). The Bertz CT molecular complexity index is 1370. The van der Waals surface area contributed by atoms with E-state index < -0.39 is 17.3 Å². The quantitative estimate of drug-likeness (QED) is 0.455. The zero-order chi connectivity index (χ0) is 22.7. The van der Waals surface area contributed by atoms with E-state index in [0.29, 0.717) is 34.6 Å². The number of fused-ring (bicyclic) bond motifs is 1. The number of carboxylic acids is 1. The maximum atomic E-state index is 14.0. The molecule has 0 saturated carbocycles. The highest BCUT2D eigenvalue weighted by molar-refractivity contribution is 5.88. The van der Waals surface area contributed by atoms with Gasteiger partial charge < -0.3 is 19.6 Å². The smallest absolute Gasteiger partial charge is 0.338 e. The van der Waals surface area contributed by atoms with Crippen molar-refractivity contribution >= 4 is 16.9 Å². The summed E-state index contributed by atoms with van der Waals surface area (Å²) in [5.41, 5.74) is 1.54. The van der Waals surface area contributed by atoms with Crippen LogP contribution in [-0.2, 0) is 6.42 Å². The maximum Gasteiger partial charge on any atom is 0.338 e. The lowest BCUT2D eigenvalue weighted by atomic mass is 10.0. The molecule has 2 N–H and O–H groups in total. The third kappa shape index (κ3) is 4.29. The summed E-state index contributed by atoms with van der Waals surface area (Å²) in [7, 11) is 1.59. The van der Waals surface area contributed by atoms with Gasteiger partial charge in [0.05, 0.1) is 24.8 Å². The molecule has 0 atom stereocenters. The molecule has 4 aromatic rings. The summed E-state index contributed by atoms with van der Waals surface area (Å²) < 4.78 is 25.2. The van der Waals surface area contributed by atoms with Crippen molar-refractivity contribution in [2.24, 2.45) is 0 Å². The number of nitrogens with zero attached hydrogens (tertiary/aromatic N) is 1. The van der Waals surface area contributed by atoms with Gasteiger partial charge in [0.2, 0.25) is 0 Å². The van der Waals surface area contributed by atoms with Crippen LogP contribution in [0.3, 0.4) is 0 Å². The summed E-state index contributed by atoms with van der Waals surface area (Å²) in [4.78, 5) is 30.2. The Morgan fingerprint density at radius 1 is 1.12 bits per heavy atom. The molecule has 162 valence electrons. The lowest BCUT2D eigenvalue weighted by Crippen LogP contribution is -2.15. The van der Waals surface area contributed by atoms with Crippen molar-refractivity contribution in [1.29, 1.82) is 0 Å². The SMILES string of the molecule is COc1ccc2c(OCCc3cc(-c4ccc(C(=O)O)c(F)c4)c[nH]c3=O)ccnc2c1. The molecule has 2 heterocycles. The molecule has 0 bridgehead atoms. The first kappa shape index (κ1) is 21.0. The molecule has 32 heavy (non-hydrogen) atoms. The van der Waals surface area contributed by atoms with Gasteiger partial charge in [-0.25, -0.2) is 9.18 Å². The Balaban J connectivity index is 1.52. The Labute approximate surface area is 182 Å². The summed E-state index contributed by atoms with van der Waals surface area (Å²) >= 11 is 0. The lowest BCUT2D eigenvalue weighted by Gasteiger charge is -2.10. The van der Waals surface area contributed by atoms with Crippen LogP contribution in [0.15, 0.2) is 65.7 Å². The molecule has 0 radical (unpaired) electrons. The number of aromatic nitrogens is 2. The van der Waals surface area contributed by atoms with Gasteiger partial charge >= 0.3 is 5.97 Å². The number of aromatic amines is 1. The first-order valence-corrected chi connectivity index (χ1v) is 9.76. The highest BCUT2D eigenvalue weighted by Crippen LogP contribution is 2.27. The van der Waals surface area contributed by atoms with Crippen LogP contribution in [-0.4, -0.2) is 34.8 Å². The topological polar surface area (TPSA) is 102 Å². The minimum absolute atomic E-state index is 0.240. The van der Waals surface area contributed by atoms with Crippen molar-refractivity contribution < 1.29 is 23.8 Å². The van der Waals surface area contributed by atoms with Crippen molar-refractivity contribution in [3.63, 3.8) is 0 Å². The highest BCUT2D eigenvalue weighted by Gasteiger charge is 2.12. The minimum Gasteiger partial charge on any atom is -0.497 e. The Kier molecular flexibility index (Phi) is 5.85. The number of ether oxygens (including phenoxy) is 2. The number of nitrogens with one attached hydrogen (secondary N) is 1. The molecule has 0 unspecified atom stereocenters. The van der Waals surface area contributed by atoms with Crippen LogP contribution in [0.25, 0.3) is 22.0 Å². The molecular formula is C24H19FN2O5. The predicted octanol–water partition coefficient (Wildman–Crippen LogP) is 4.06. The normalized spacial score (nSPS) is 10.8. The summed E-state index contributed by atoms with van der Waals surface area (Å²) in [6.45, 7) is 0.240. The number of carboxylic acid groups (broad SMARTS) is 1. The van der Waals surface area contributed by atoms with Gasteiger partial charge in [0.1, 0.15) is 17.3 Å². The van der Waals surface area contributed by atoms with Crippen LogP contribution >= 0.6 is 0 Å². The van der Waals surface area contributed by atoms with Gasteiger partial charge in [0, 0.05) is 35.8 Å². The van der Waals surface area contributed by atoms with E-state index >= 15 is 0 Å². The number of benzene rings is 2. The monoisotopic (exact) mass is 434 g/mol. The van der Waals surface area contributed by atoms with E-state index in [1.807, 2.05) is 18.2 Å². The van der Waals surface area contributed by atoms with Gasteiger partial charge in [-0.2, -0.15) is 0 Å². The largest absolute Gasteiger partial charge is 0.497 e. The van der Waals surface area contributed by atoms with Gasteiger partial charge in [-0.05, 0) is 47.5 Å². The van der Waals surface area contributed by atoms with Crippen molar-refractivity contribution in [2.75, 3.05) is 13.7 Å². The maximum absolute atomic E-state index is 14.0. The van der Waals surface area contributed by atoms with Crippen LogP contribution in [0.4, 0.5) is 4.39 Å². The zero-order valence-electron chi connectivity index (χ0n) is 17.1. The Morgan fingerprint density at radius 2 is 1.97 bits per heavy atom. The number of rotatable bonds is 7. The first-order chi connectivity index (χ1) is 15.5. The Hall–Kier alpha value is -4.20. The van der Waals surface area contributed by atoms with E-state index in [0.717, 1.165) is 17.0 Å². The fraction of sp³-hybridized carbons (Fsp3) is 0.125. The van der Waals surface area contributed by atoms with Gasteiger partial charge in [0.25, 0.3) is 5.56 Å². The van der Waals surface area contributed by atoms with Crippen LogP contribution in [0.5, 0.6) is 11.5 Å². The van der Waals surface area contributed by atoms with E-state index in [-0.39, 0.29) is 12.2 Å². The van der Waals surface area contributed by atoms with E-state index in [2.05, 4.69) is 9.97 Å². The molecule has 0 spiro atoms. The second-order valence-electron chi connectivity index (χ2n) is 7.03. The van der Waals surface area contributed by atoms with Crippen LogP contribution in [0.1, 0.15) is 15.9 Å². The van der Waals surface area contributed by atoms with E-state index in [4.69, 9.17) is 14.6 Å². The van der Waals surface area contributed by atoms with Crippen molar-refractivity contribution in [3.8, 4) is 22.6 Å².